The van der Waals surface area contributed by atoms with Crippen LogP contribution in [0.1, 0.15) is 10.5 Å². The molecule has 0 N–H and O–H groups in total. The first-order valence-corrected chi connectivity index (χ1v) is 4.90. The fraction of sp³-hybridized carbons (Fsp3) is 0.182. The molecular weight excluding hydrogens is 222 g/mol. The predicted molar refractivity (Wildman–Crippen MR) is 59.3 cm³/mol. The number of carbonyl (C=O) groups is 1. The Labute approximate surface area is 97.8 Å². The van der Waals surface area contributed by atoms with E-state index in [1.165, 1.54) is 25.0 Å². The average molecular weight is 233 g/mol. The fourth-order valence-corrected chi connectivity index (χ4v) is 1.36. The first-order valence-electron chi connectivity index (χ1n) is 4.90. The summed E-state index contributed by atoms with van der Waals surface area (Å²) >= 11 is 0. The quantitative estimate of drug-likeness (QED) is 0.741. The van der Waals surface area contributed by atoms with E-state index in [0.717, 1.165) is 0 Å². The second-order valence-corrected chi connectivity index (χ2v) is 3.16. The summed E-state index contributed by atoms with van der Waals surface area (Å²) in [5.74, 6) is 0.474. The molecule has 2 aromatic rings. The molecule has 17 heavy (non-hydrogen) atoms. The predicted octanol–water partition coefficient (Wildman–Crippen LogP) is 1.06. The van der Waals surface area contributed by atoms with Gasteiger partial charge in [0.25, 0.3) is 0 Å². The summed E-state index contributed by atoms with van der Waals surface area (Å²) < 4.78 is 11.2. The van der Waals surface area contributed by atoms with Gasteiger partial charge in [0, 0.05) is 12.3 Å². The molecule has 2 heterocycles. The second kappa shape index (κ2) is 4.65. The highest BCUT2D eigenvalue weighted by Crippen LogP contribution is 2.17. The van der Waals surface area contributed by atoms with Crippen LogP contribution in [0.2, 0.25) is 0 Å². The Morgan fingerprint density at radius 3 is 2.76 bits per heavy atom. The maximum Gasteiger partial charge on any atom is 0.358 e. The van der Waals surface area contributed by atoms with Crippen LogP contribution >= 0.6 is 0 Å². The van der Waals surface area contributed by atoms with E-state index in [-0.39, 0.29) is 5.69 Å². The maximum atomic E-state index is 11.4. The average Bonchev–Trinajstić information content (AvgIpc) is 2.83. The summed E-state index contributed by atoms with van der Waals surface area (Å²) in [7, 11) is 2.80. The van der Waals surface area contributed by atoms with Gasteiger partial charge in [0.05, 0.1) is 14.2 Å². The van der Waals surface area contributed by atoms with Crippen molar-refractivity contribution < 1.29 is 14.3 Å². The van der Waals surface area contributed by atoms with Crippen LogP contribution in [-0.4, -0.2) is 35.0 Å². The summed E-state index contributed by atoms with van der Waals surface area (Å²) in [5.41, 5.74) is 0.176. The van der Waals surface area contributed by atoms with Crippen molar-refractivity contribution >= 4 is 5.97 Å². The van der Waals surface area contributed by atoms with Crippen LogP contribution in [0.25, 0.3) is 5.82 Å². The second-order valence-electron chi connectivity index (χ2n) is 3.16. The monoisotopic (exact) mass is 233 g/mol. The van der Waals surface area contributed by atoms with Crippen LogP contribution in [0.5, 0.6) is 5.88 Å². The number of hydrogen-bond donors (Lipinski definition) is 0. The highest BCUT2D eigenvalue weighted by molar-refractivity contribution is 5.87. The molecule has 0 atom stereocenters. The molecule has 0 fully saturated rings. The van der Waals surface area contributed by atoms with Crippen molar-refractivity contribution in [1.29, 1.82) is 0 Å². The van der Waals surface area contributed by atoms with Crippen molar-refractivity contribution in [1.82, 2.24) is 14.8 Å². The molecule has 2 aromatic heterocycles. The Bertz CT molecular complexity index is 522. The third-order valence-electron chi connectivity index (χ3n) is 2.15. The zero-order chi connectivity index (χ0) is 12.3. The number of ether oxygens (including phenoxy) is 2. The molecule has 6 heteroatoms. The van der Waals surface area contributed by atoms with E-state index in [1.54, 1.807) is 18.3 Å². The molecule has 6 nitrogen and oxygen atoms in total. The van der Waals surface area contributed by atoms with Gasteiger partial charge in [-0.3, -0.25) is 0 Å². The van der Waals surface area contributed by atoms with Crippen LogP contribution in [0.3, 0.4) is 0 Å². The van der Waals surface area contributed by atoms with E-state index in [2.05, 4.69) is 14.8 Å². The summed E-state index contributed by atoms with van der Waals surface area (Å²) in [6.07, 6.45) is 1.63. The minimum atomic E-state index is -0.516. The fourth-order valence-electron chi connectivity index (χ4n) is 1.36. The molecule has 2 rings (SSSR count). The molecule has 0 radical (unpaired) electrons. The van der Waals surface area contributed by atoms with Gasteiger partial charge in [0.15, 0.2) is 11.5 Å². The first-order chi connectivity index (χ1) is 8.26. The Balaban J connectivity index is 2.47. The summed E-state index contributed by atoms with van der Waals surface area (Å²) in [4.78, 5) is 15.5. The van der Waals surface area contributed by atoms with Crippen LogP contribution in [-0.2, 0) is 4.74 Å². The van der Waals surface area contributed by atoms with Crippen molar-refractivity contribution in [3.8, 4) is 11.7 Å². The van der Waals surface area contributed by atoms with Gasteiger partial charge >= 0.3 is 5.97 Å². The van der Waals surface area contributed by atoms with Gasteiger partial charge in [0.1, 0.15) is 0 Å². The molecule has 0 bridgehead atoms. The molecule has 0 aliphatic rings. The molecule has 0 aromatic carbocycles. The van der Waals surface area contributed by atoms with Crippen LogP contribution in [0, 0.1) is 0 Å². The van der Waals surface area contributed by atoms with Crippen molar-refractivity contribution in [2.75, 3.05) is 14.2 Å². The standard InChI is InChI=1S/C11H11N3O3/c1-16-10-7-8(11(15)17-2)13-14(10)9-5-3-4-6-12-9/h3-7H,1-2H3. The van der Waals surface area contributed by atoms with Gasteiger partial charge < -0.3 is 9.47 Å². The molecule has 0 saturated carbocycles. The lowest BCUT2D eigenvalue weighted by Crippen LogP contribution is -2.05. The SMILES string of the molecule is COC(=O)c1cc(OC)n(-c2ccccn2)n1. The summed E-state index contributed by atoms with van der Waals surface area (Å²) in [6.45, 7) is 0. The zero-order valence-corrected chi connectivity index (χ0v) is 9.45. The van der Waals surface area contributed by atoms with Crippen LogP contribution in [0.4, 0.5) is 0 Å². The molecule has 88 valence electrons. The number of nitrogens with zero attached hydrogens (tertiary/aromatic N) is 3. The third-order valence-corrected chi connectivity index (χ3v) is 2.15. The Morgan fingerprint density at radius 2 is 2.18 bits per heavy atom. The minimum absolute atomic E-state index is 0.176. The van der Waals surface area contributed by atoms with Crippen molar-refractivity contribution in [3.63, 3.8) is 0 Å². The number of hydrogen-bond acceptors (Lipinski definition) is 5. The van der Waals surface area contributed by atoms with E-state index in [1.807, 2.05) is 6.07 Å². The zero-order valence-electron chi connectivity index (χ0n) is 9.45. The van der Waals surface area contributed by atoms with E-state index >= 15 is 0 Å². The first kappa shape index (κ1) is 11.1. The van der Waals surface area contributed by atoms with E-state index < -0.39 is 5.97 Å². The normalized spacial score (nSPS) is 10.0. The minimum Gasteiger partial charge on any atom is -0.481 e. The van der Waals surface area contributed by atoms with Gasteiger partial charge in [-0.2, -0.15) is 9.78 Å². The molecule has 0 aliphatic carbocycles. The lowest BCUT2D eigenvalue weighted by atomic mass is 10.4. The van der Waals surface area contributed by atoms with Crippen LogP contribution in [0.15, 0.2) is 30.5 Å². The summed E-state index contributed by atoms with van der Waals surface area (Å²) in [5, 5.41) is 4.08. The van der Waals surface area contributed by atoms with Crippen molar-refractivity contribution in [3.05, 3.63) is 36.2 Å². The number of aromatic nitrogens is 3. The molecule has 0 unspecified atom stereocenters. The van der Waals surface area contributed by atoms with Crippen molar-refractivity contribution in [2.45, 2.75) is 0 Å². The smallest absolute Gasteiger partial charge is 0.358 e. The number of rotatable bonds is 3. The lowest BCUT2D eigenvalue weighted by molar-refractivity contribution is 0.0593. The lowest BCUT2D eigenvalue weighted by Gasteiger charge is -2.03. The van der Waals surface area contributed by atoms with Crippen LogP contribution < -0.4 is 4.74 Å². The Kier molecular flexibility index (Phi) is 3.04. The number of carbonyl (C=O) groups excluding carboxylic acids is 1. The number of pyridine rings is 1. The summed E-state index contributed by atoms with van der Waals surface area (Å²) in [6, 6.07) is 6.87. The molecule has 0 aliphatic heterocycles. The highest BCUT2D eigenvalue weighted by Gasteiger charge is 2.16. The van der Waals surface area contributed by atoms with Gasteiger partial charge in [-0.15, -0.1) is 0 Å². The van der Waals surface area contributed by atoms with E-state index in [4.69, 9.17) is 4.74 Å². The molecule has 0 spiro atoms. The van der Waals surface area contributed by atoms with Crippen molar-refractivity contribution in [2.24, 2.45) is 0 Å². The van der Waals surface area contributed by atoms with Gasteiger partial charge in [0.2, 0.25) is 5.88 Å². The highest BCUT2D eigenvalue weighted by atomic mass is 16.5. The largest absolute Gasteiger partial charge is 0.481 e. The molecule has 0 saturated heterocycles. The van der Waals surface area contributed by atoms with Gasteiger partial charge in [-0.25, -0.2) is 9.78 Å². The molecular formula is C11H11N3O3. The van der Waals surface area contributed by atoms with E-state index in [9.17, 15) is 4.79 Å². The molecule has 0 amide bonds. The van der Waals surface area contributed by atoms with Gasteiger partial charge in [-0.05, 0) is 12.1 Å². The van der Waals surface area contributed by atoms with E-state index in [0.29, 0.717) is 11.7 Å². The maximum absolute atomic E-state index is 11.4. The Hall–Kier alpha value is -2.37. The topological polar surface area (TPSA) is 66.2 Å². The Morgan fingerprint density at radius 1 is 1.35 bits per heavy atom. The third kappa shape index (κ3) is 2.10. The van der Waals surface area contributed by atoms with Gasteiger partial charge in [-0.1, -0.05) is 6.07 Å². The number of esters is 1. The number of methoxy groups -OCH3 is 2.